The van der Waals surface area contributed by atoms with Gasteiger partial charge in [0.25, 0.3) is 0 Å². The zero-order valence-electron chi connectivity index (χ0n) is 20.8. The van der Waals surface area contributed by atoms with E-state index in [-0.39, 0.29) is 5.66 Å². The van der Waals surface area contributed by atoms with Crippen LogP contribution in [0.5, 0.6) is 11.5 Å². The summed E-state index contributed by atoms with van der Waals surface area (Å²) < 4.78 is 18.6. The van der Waals surface area contributed by atoms with Crippen LogP contribution >= 0.6 is 6.83 Å². The molecule has 4 aromatic rings. The first-order valence-corrected chi connectivity index (χ1v) is 14.6. The quantitative estimate of drug-likeness (QED) is 0.280. The normalized spacial score (nSPS) is 20.6. The summed E-state index contributed by atoms with van der Waals surface area (Å²) in [5.41, 5.74) is 1.87. The van der Waals surface area contributed by atoms with E-state index in [1.165, 1.54) is 10.6 Å². The molecule has 0 N–H and O–H groups in total. The minimum atomic E-state index is -3.04. The SMILES string of the molecule is CCP1(c2ccccc2)(c2ccccc2)OC(c2ccc(OC)cc2)(c2ccc(OC)cc2)C1C. The van der Waals surface area contributed by atoms with E-state index >= 15 is 0 Å². The van der Waals surface area contributed by atoms with Crippen LogP contribution in [0.3, 0.4) is 0 Å². The van der Waals surface area contributed by atoms with Crippen LogP contribution in [-0.2, 0) is 10.1 Å². The van der Waals surface area contributed by atoms with Crippen LogP contribution in [0.2, 0.25) is 0 Å². The van der Waals surface area contributed by atoms with Crippen molar-refractivity contribution < 1.29 is 14.0 Å². The van der Waals surface area contributed by atoms with Gasteiger partial charge < -0.3 is 0 Å². The molecule has 0 spiro atoms. The van der Waals surface area contributed by atoms with Crippen molar-refractivity contribution in [2.24, 2.45) is 0 Å². The topological polar surface area (TPSA) is 27.7 Å². The first kappa shape index (κ1) is 23.6. The van der Waals surface area contributed by atoms with E-state index in [0.29, 0.717) is 0 Å². The molecule has 3 nitrogen and oxygen atoms in total. The van der Waals surface area contributed by atoms with Crippen molar-refractivity contribution in [2.75, 3.05) is 20.4 Å². The predicted molar refractivity (Wildman–Crippen MR) is 147 cm³/mol. The van der Waals surface area contributed by atoms with Gasteiger partial charge in [-0.25, -0.2) is 0 Å². The molecule has 4 heteroatoms. The van der Waals surface area contributed by atoms with Crippen molar-refractivity contribution >= 4 is 17.4 Å². The van der Waals surface area contributed by atoms with E-state index in [9.17, 15) is 0 Å². The zero-order valence-corrected chi connectivity index (χ0v) is 21.7. The van der Waals surface area contributed by atoms with Gasteiger partial charge in [0.2, 0.25) is 0 Å². The molecule has 1 fully saturated rings. The van der Waals surface area contributed by atoms with E-state index in [4.69, 9.17) is 14.0 Å². The summed E-state index contributed by atoms with van der Waals surface area (Å²) in [5, 5.41) is 2.61. The van der Waals surface area contributed by atoms with Crippen LogP contribution in [0.25, 0.3) is 0 Å². The maximum atomic E-state index is 7.70. The van der Waals surface area contributed by atoms with Gasteiger partial charge in [0, 0.05) is 0 Å². The van der Waals surface area contributed by atoms with Crippen molar-refractivity contribution in [2.45, 2.75) is 25.1 Å². The van der Waals surface area contributed by atoms with Gasteiger partial charge in [0.1, 0.15) is 0 Å². The van der Waals surface area contributed by atoms with Crippen LogP contribution in [0.1, 0.15) is 25.0 Å². The molecule has 1 unspecified atom stereocenters. The van der Waals surface area contributed by atoms with Crippen LogP contribution in [0.15, 0.2) is 109 Å². The molecule has 0 aromatic heterocycles. The molecule has 0 bridgehead atoms. The molecule has 1 aliphatic rings. The Morgan fingerprint density at radius 3 is 1.37 bits per heavy atom. The van der Waals surface area contributed by atoms with Crippen molar-refractivity contribution in [1.82, 2.24) is 0 Å². The monoisotopic (exact) mass is 484 g/mol. The van der Waals surface area contributed by atoms with Gasteiger partial charge in [-0.15, -0.1) is 0 Å². The fourth-order valence-corrected chi connectivity index (χ4v) is 12.8. The molecule has 4 aromatic carbocycles. The molecule has 180 valence electrons. The first-order valence-electron chi connectivity index (χ1n) is 12.2. The van der Waals surface area contributed by atoms with E-state index in [1.807, 2.05) is 24.3 Å². The number of hydrogen-bond acceptors (Lipinski definition) is 3. The van der Waals surface area contributed by atoms with Crippen molar-refractivity contribution in [1.29, 1.82) is 0 Å². The van der Waals surface area contributed by atoms with Crippen LogP contribution in [0.4, 0.5) is 0 Å². The van der Waals surface area contributed by atoms with Crippen molar-refractivity contribution in [3.05, 3.63) is 120 Å². The Morgan fingerprint density at radius 1 is 0.657 bits per heavy atom. The number of hydrogen-bond donors (Lipinski definition) is 0. The second kappa shape index (κ2) is 8.82. The molecule has 5 rings (SSSR count). The number of rotatable bonds is 7. The number of methoxy groups -OCH3 is 2. The molecule has 0 saturated carbocycles. The fraction of sp³-hybridized carbons (Fsp3) is 0.226. The Bertz CT molecular complexity index is 1200. The maximum absolute atomic E-state index is 7.70. The Kier molecular flexibility index (Phi) is 5.95. The van der Waals surface area contributed by atoms with Crippen molar-refractivity contribution in [3.63, 3.8) is 0 Å². The molecule has 35 heavy (non-hydrogen) atoms. The summed E-state index contributed by atoms with van der Waals surface area (Å²) >= 11 is 0. The second-order valence-electron chi connectivity index (χ2n) is 9.23. The second-order valence-corrected chi connectivity index (χ2v) is 14.4. The van der Waals surface area contributed by atoms with Gasteiger partial charge >= 0.3 is 209 Å². The average molecular weight is 485 g/mol. The third-order valence-corrected chi connectivity index (χ3v) is 14.9. The number of ether oxygens (including phenoxy) is 2. The molecule has 0 radical (unpaired) electrons. The molecule has 1 atom stereocenters. The Hall–Kier alpha value is -3.13. The van der Waals surface area contributed by atoms with Gasteiger partial charge in [0.05, 0.1) is 0 Å². The Morgan fingerprint density at radius 2 is 1.06 bits per heavy atom. The van der Waals surface area contributed by atoms with E-state index in [2.05, 4.69) is 98.8 Å². The van der Waals surface area contributed by atoms with Gasteiger partial charge in [0.15, 0.2) is 0 Å². The summed E-state index contributed by atoms with van der Waals surface area (Å²) in [7, 11) is 3.40. The first-order chi connectivity index (χ1) is 17.0. The third kappa shape index (κ3) is 3.19. The van der Waals surface area contributed by atoms with Crippen LogP contribution in [-0.4, -0.2) is 26.0 Å². The summed E-state index contributed by atoms with van der Waals surface area (Å²) in [6.45, 7) is 1.64. The standard InChI is InChI=1S/C31H33O3P/c1-5-35(29-12-8-6-9-13-29,30-14-10-7-11-15-30)24(2)31(34-35,25-16-20-27(32-3)21-17-25)26-18-22-28(33-4)23-19-26/h6-24H,5H2,1-4H3. The van der Waals surface area contributed by atoms with Gasteiger partial charge in [-0.2, -0.15) is 0 Å². The molecular formula is C31H33O3P. The molecular weight excluding hydrogens is 451 g/mol. The van der Waals surface area contributed by atoms with E-state index in [0.717, 1.165) is 28.8 Å². The Labute approximate surface area is 208 Å². The third-order valence-electron chi connectivity index (χ3n) is 8.07. The zero-order chi connectivity index (χ0) is 24.5. The van der Waals surface area contributed by atoms with Gasteiger partial charge in [-0.1, -0.05) is 0 Å². The molecule has 0 amide bonds. The molecule has 1 heterocycles. The van der Waals surface area contributed by atoms with Crippen LogP contribution in [0, 0.1) is 0 Å². The van der Waals surface area contributed by atoms with Crippen LogP contribution < -0.4 is 20.1 Å². The van der Waals surface area contributed by atoms with Gasteiger partial charge in [-0.05, 0) is 0 Å². The summed E-state index contributed by atoms with van der Waals surface area (Å²) in [6, 6.07) is 38.5. The Balaban J connectivity index is 1.79. The summed E-state index contributed by atoms with van der Waals surface area (Å²) in [5.74, 6) is 1.68. The van der Waals surface area contributed by atoms with Gasteiger partial charge in [-0.3, -0.25) is 0 Å². The fourth-order valence-electron chi connectivity index (χ4n) is 6.17. The number of benzene rings is 4. The minimum absolute atomic E-state index is 0.199. The van der Waals surface area contributed by atoms with Crippen molar-refractivity contribution in [3.8, 4) is 11.5 Å². The molecule has 0 aliphatic carbocycles. The molecule has 1 aliphatic heterocycles. The average Bonchev–Trinajstić information content (AvgIpc) is 2.95. The van der Waals surface area contributed by atoms with E-state index < -0.39 is 12.4 Å². The molecule has 1 saturated heterocycles. The summed E-state index contributed by atoms with van der Waals surface area (Å²) in [6.07, 6.45) is 0.925. The predicted octanol–water partition coefficient (Wildman–Crippen LogP) is 6.51. The van der Waals surface area contributed by atoms with E-state index in [1.54, 1.807) is 14.2 Å². The summed E-state index contributed by atoms with van der Waals surface area (Å²) in [4.78, 5) is 0.